The summed E-state index contributed by atoms with van der Waals surface area (Å²) in [5.74, 6) is 0.579. The summed E-state index contributed by atoms with van der Waals surface area (Å²) in [7, 11) is 1.87. The predicted molar refractivity (Wildman–Crippen MR) is 56.3 cm³/mol. The van der Waals surface area contributed by atoms with Gasteiger partial charge >= 0.3 is 0 Å². The fraction of sp³-hybridized carbons (Fsp3) is 0.727. The summed E-state index contributed by atoms with van der Waals surface area (Å²) in [6.07, 6.45) is 4.37. The van der Waals surface area contributed by atoms with Crippen molar-refractivity contribution >= 4 is 0 Å². The molecule has 15 heavy (non-hydrogen) atoms. The molecule has 0 radical (unpaired) electrons. The molecule has 0 spiro atoms. The summed E-state index contributed by atoms with van der Waals surface area (Å²) < 4.78 is 7.01. The van der Waals surface area contributed by atoms with Gasteiger partial charge in [0.2, 0.25) is 0 Å². The molecule has 0 amide bonds. The maximum Gasteiger partial charge on any atom is 0.0981 e. The summed E-state index contributed by atoms with van der Waals surface area (Å²) in [5, 5.41) is 14.2. The van der Waals surface area contributed by atoms with Crippen molar-refractivity contribution in [2.24, 2.45) is 13.0 Å². The van der Waals surface area contributed by atoms with Crippen molar-refractivity contribution in [1.29, 1.82) is 0 Å². The van der Waals surface area contributed by atoms with Gasteiger partial charge in [-0.05, 0) is 31.2 Å². The Balaban J connectivity index is 1.88. The van der Waals surface area contributed by atoms with Gasteiger partial charge in [-0.2, -0.15) is 5.10 Å². The number of aliphatic hydroxyl groups is 1. The number of ether oxygens (including phenoxy) is 1. The quantitative estimate of drug-likeness (QED) is 0.817. The molecule has 1 aliphatic heterocycles. The number of hydrogen-bond acceptors (Lipinski definition) is 3. The first-order valence-electron chi connectivity index (χ1n) is 5.51. The van der Waals surface area contributed by atoms with E-state index in [0.717, 1.165) is 38.2 Å². The first-order valence-corrected chi connectivity index (χ1v) is 5.51. The Morgan fingerprint density at radius 2 is 2.33 bits per heavy atom. The van der Waals surface area contributed by atoms with E-state index in [-0.39, 0.29) is 0 Å². The van der Waals surface area contributed by atoms with Crippen LogP contribution in [0.15, 0.2) is 12.3 Å². The number of aryl methyl sites for hydroxylation is 1. The van der Waals surface area contributed by atoms with E-state index in [9.17, 15) is 5.11 Å². The van der Waals surface area contributed by atoms with Crippen LogP contribution in [0.25, 0.3) is 0 Å². The Labute approximate surface area is 89.9 Å². The van der Waals surface area contributed by atoms with Gasteiger partial charge in [-0.3, -0.25) is 4.68 Å². The van der Waals surface area contributed by atoms with Crippen LogP contribution in [0.5, 0.6) is 0 Å². The maximum absolute atomic E-state index is 9.97. The molecule has 0 bridgehead atoms. The molecule has 0 aromatic carbocycles. The van der Waals surface area contributed by atoms with E-state index >= 15 is 0 Å². The van der Waals surface area contributed by atoms with Crippen molar-refractivity contribution in [3.63, 3.8) is 0 Å². The molecule has 0 saturated carbocycles. The van der Waals surface area contributed by atoms with Crippen molar-refractivity contribution in [2.75, 3.05) is 13.2 Å². The van der Waals surface area contributed by atoms with Gasteiger partial charge in [0.05, 0.1) is 11.8 Å². The minimum absolute atomic E-state index is 0.422. The van der Waals surface area contributed by atoms with Gasteiger partial charge in [-0.1, -0.05) is 0 Å². The highest BCUT2D eigenvalue weighted by atomic mass is 16.5. The summed E-state index contributed by atoms with van der Waals surface area (Å²) >= 11 is 0. The normalized spacial score (nSPS) is 20.4. The largest absolute Gasteiger partial charge is 0.387 e. The first kappa shape index (κ1) is 10.6. The summed E-state index contributed by atoms with van der Waals surface area (Å²) in [4.78, 5) is 0. The SMILES string of the molecule is Cn1ccc(C(O)CC2CCOCC2)n1. The predicted octanol–water partition coefficient (Wildman–Crippen LogP) is 1.27. The van der Waals surface area contributed by atoms with Gasteiger partial charge in [0.25, 0.3) is 0 Å². The Kier molecular flexibility index (Phi) is 3.38. The Bertz CT molecular complexity index is 305. The zero-order valence-corrected chi connectivity index (χ0v) is 9.09. The third-order valence-electron chi connectivity index (χ3n) is 2.97. The highest BCUT2D eigenvalue weighted by Crippen LogP contribution is 2.26. The number of aliphatic hydroxyl groups excluding tert-OH is 1. The van der Waals surface area contributed by atoms with E-state index in [0.29, 0.717) is 5.92 Å². The van der Waals surface area contributed by atoms with E-state index in [2.05, 4.69) is 5.10 Å². The second kappa shape index (κ2) is 4.77. The lowest BCUT2D eigenvalue weighted by molar-refractivity contribution is 0.0426. The van der Waals surface area contributed by atoms with Crippen LogP contribution in [-0.2, 0) is 11.8 Å². The van der Waals surface area contributed by atoms with Crippen molar-refractivity contribution in [3.8, 4) is 0 Å². The fourth-order valence-corrected chi connectivity index (χ4v) is 2.03. The maximum atomic E-state index is 9.97. The molecule has 1 saturated heterocycles. The molecule has 84 valence electrons. The van der Waals surface area contributed by atoms with Crippen LogP contribution in [0.2, 0.25) is 0 Å². The smallest absolute Gasteiger partial charge is 0.0981 e. The van der Waals surface area contributed by atoms with Crippen LogP contribution in [0.3, 0.4) is 0 Å². The van der Waals surface area contributed by atoms with Gasteiger partial charge in [0.15, 0.2) is 0 Å². The van der Waals surface area contributed by atoms with Crippen LogP contribution < -0.4 is 0 Å². The lowest BCUT2D eigenvalue weighted by Gasteiger charge is -2.23. The Hall–Kier alpha value is -0.870. The van der Waals surface area contributed by atoms with E-state index < -0.39 is 6.10 Å². The minimum atomic E-state index is -0.422. The van der Waals surface area contributed by atoms with Crippen LogP contribution in [0.1, 0.15) is 31.1 Å². The zero-order chi connectivity index (χ0) is 10.7. The zero-order valence-electron chi connectivity index (χ0n) is 9.09. The molecule has 1 aromatic heterocycles. The molecule has 1 unspecified atom stereocenters. The lowest BCUT2D eigenvalue weighted by Crippen LogP contribution is -2.18. The fourth-order valence-electron chi connectivity index (χ4n) is 2.03. The summed E-state index contributed by atoms with van der Waals surface area (Å²) in [6.45, 7) is 1.67. The van der Waals surface area contributed by atoms with E-state index in [1.165, 1.54) is 0 Å². The molecule has 2 rings (SSSR count). The second-order valence-corrected chi connectivity index (χ2v) is 4.22. The van der Waals surface area contributed by atoms with Gasteiger partial charge in [-0.15, -0.1) is 0 Å². The van der Waals surface area contributed by atoms with Gasteiger partial charge in [-0.25, -0.2) is 0 Å². The van der Waals surface area contributed by atoms with Crippen LogP contribution >= 0.6 is 0 Å². The van der Waals surface area contributed by atoms with Crippen molar-refractivity contribution < 1.29 is 9.84 Å². The highest BCUT2D eigenvalue weighted by Gasteiger charge is 2.20. The van der Waals surface area contributed by atoms with Gasteiger partial charge in [0.1, 0.15) is 0 Å². The lowest BCUT2D eigenvalue weighted by atomic mass is 9.93. The third-order valence-corrected chi connectivity index (χ3v) is 2.97. The molecule has 1 N–H and O–H groups in total. The van der Waals surface area contributed by atoms with Crippen molar-refractivity contribution in [3.05, 3.63) is 18.0 Å². The van der Waals surface area contributed by atoms with Crippen LogP contribution in [0.4, 0.5) is 0 Å². The minimum Gasteiger partial charge on any atom is -0.387 e. The standard InChI is InChI=1S/C11H18N2O2/c1-13-5-2-10(12-13)11(14)8-9-3-6-15-7-4-9/h2,5,9,11,14H,3-4,6-8H2,1H3. The Morgan fingerprint density at radius 3 is 2.93 bits per heavy atom. The number of aromatic nitrogens is 2. The number of nitrogens with zero attached hydrogens (tertiary/aromatic N) is 2. The third kappa shape index (κ3) is 2.79. The molecule has 1 aromatic rings. The number of rotatable bonds is 3. The molecule has 0 aliphatic carbocycles. The summed E-state index contributed by atoms with van der Waals surface area (Å²) in [5.41, 5.74) is 0.781. The second-order valence-electron chi connectivity index (χ2n) is 4.22. The van der Waals surface area contributed by atoms with E-state index in [1.54, 1.807) is 4.68 Å². The van der Waals surface area contributed by atoms with Crippen molar-refractivity contribution in [2.45, 2.75) is 25.4 Å². The van der Waals surface area contributed by atoms with Gasteiger partial charge < -0.3 is 9.84 Å². The monoisotopic (exact) mass is 210 g/mol. The first-order chi connectivity index (χ1) is 7.25. The number of hydrogen-bond donors (Lipinski definition) is 1. The molecular weight excluding hydrogens is 192 g/mol. The molecule has 1 atom stereocenters. The van der Waals surface area contributed by atoms with Crippen LogP contribution in [0, 0.1) is 5.92 Å². The molecule has 2 heterocycles. The average Bonchev–Trinajstić information content (AvgIpc) is 2.66. The highest BCUT2D eigenvalue weighted by molar-refractivity contribution is 5.02. The van der Waals surface area contributed by atoms with E-state index in [1.807, 2.05) is 19.3 Å². The topological polar surface area (TPSA) is 47.3 Å². The van der Waals surface area contributed by atoms with Crippen molar-refractivity contribution in [1.82, 2.24) is 9.78 Å². The molecule has 4 heteroatoms. The molecular formula is C11H18N2O2. The van der Waals surface area contributed by atoms with E-state index in [4.69, 9.17) is 4.74 Å². The summed E-state index contributed by atoms with van der Waals surface area (Å²) in [6, 6.07) is 1.88. The average molecular weight is 210 g/mol. The molecule has 4 nitrogen and oxygen atoms in total. The molecule has 1 aliphatic rings. The Morgan fingerprint density at radius 1 is 1.60 bits per heavy atom. The molecule has 1 fully saturated rings. The van der Waals surface area contributed by atoms with Crippen LogP contribution in [-0.4, -0.2) is 28.1 Å². The van der Waals surface area contributed by atoms with Gasteiger partial charge in [0, 0.05) is 26.5 Å².